The largest absolute Gasteiger partial charge is 0.379 e. The minimum atomic E-state index is 0. The number of nitrogens with one attached hydrogen (secondary N) is 1. The summed E-state index contributed by atoms with van der Waals surface area (Å²) in [6.07, 6.45) is 6.97. The predicted octanol–water partition coefficient (Wildman–Crippen LogP) is 3.48. The minimum Gasteiger partial charge on any atom is -0.379 e. The molecule has 156 valence electrons. The fourth-order valence-electron chi connectivity index (χ4n) is 5.04. The van der Waals surface area contributed by atoms with Crippen LogP contribution in [0, 0.1) is 5.41 Å². The van der Waals surface area contributed by atoms with E-state index in [0.717, 1.165) is 51.9 Å². The Labute approximate surface area is 186 Å². The van der Waals surface area contributed by atoms with Gasteiger partial charge in [-0.15, -0.1) is 24.0 Å². The molecule has 0 atom stereocenters. The Morgan fingerprint density at radius 1 is 1.07 bits per heavy atom. The Morgan fingerprint density at radius 2 is 1.79 bits per heavy atom. The Balaban J connectivity index is 0.00000225. The lowest BCUT2D eigenvalue weighted by Gasteiger charge is -2.28. The molecular weight excluding hydrogens is 463 g/mol. The van der Waals surface area contributed by atoms with E-state index in [0.29, 0.717) is 5.41 Å². The van der Waals surface area contributed by atoms with Gasteiger partial charge in [-0.3, -0.25) is 9.89 Å². The standard InChI is InChI=1S/C22H34N4O.HI/c1-23-21(26-11-10-22(18-26)8-4-5-9-22)24-16-19-6-2-3-7-20(19)17-25-12-14-27-15-13-25;/h2-3,6-7H,4-5,8-18H2,1H3,(H,23,24);1H. The van der Waals surface area contributed by atoms with Crippen LogP contribution in [0.3, 0.4) is 0 Å². The van der Waals surface area contributed by atoms with E-state index < -0.39 is 0 Å². The Bertz CT molecular complexity index is 654. The lowest BCUT2D eigenvalue weighted by molar-refractivity contribution is 0.0341. The first-order valence-corrected chi connectivity index (χ1v) is 10.6. The summed E-state index contributed by atoms with van der Waals surface area (Å²) in [5.41, 5.74) is 3.36. The first-order chi connectivity index (χ1) is 13.3. The quantitative estimate of drug-likeness (QED) is 0.392. The molecule has 28 heavy (non-hydrogen) atoms. The van der Waals surface area contributed by atoms with Gasteiger partial charge >= 0.3 is 0 Å². The van der Waals surface area contributed by atoms with E-state index in [1.165, 1.54) is 49.8 Å². The van der Waals surface area contributed by atoms with Crippen molar-refractivity contribution in [2.45, 2.75) is 45.2 Å². The molecule has 2 saturated heterocycles. The van der Waals surface area contributed by atoms with Crippen LogP contribution < -0.4 is 5.32 Å². The molecule has 1 N–H and O–H groups in total. The average molecular weight is 498 g/mol. The van der Waals surface area contributed by atoms with Gasteiger partial charge in [0, 0.05) is 46.3 Å². The van der Waals surface area contributed by atoms with Crippen molar-refractivity contribution in [3.05, 3.63) is 35.4 Å². The van der Waals surface area contributed by atoms with Crippen LogP contribution in [0.25, 0.3) is 0 Å². The molecule has 3 fully saturated rings. The van der Waals surface area contributed by atoms with Crippen molar-refractivity contribution < 1.29 is 4.74 Å². The Kier molecular flexibility index (Phi) is 8.00. The van der Waals surface area contributed by atoms with E-state index in [1.54, 1.807) is 0 Å². The number of hydrogen-bond donors (Lipinski definition) is 1. The number of guanidine groups is 1. The van der Waals surface area contributed by atoms with Crippen LogP contribution in [-0.2, 0) is 17.8 Å². The number of morpholine rings is 1. The maximum atomic E-state index is 5.48. The van der Waals surface area contributed by atoms with E-state index in [-0.39, 0.29) is 24.0 Å². The lowest BCUT2D eigenvalue weighted by Crippen LogP contribution is -2.41. The highest BCUT2D eigenvalue weighted by Crippen LogP contribution is 2.45. The number of halogens is 1. The van der Waals surface area contributed by atoms with Gasteiger partial charge in [0.05, 0.1) is 13.2 Å². The van der Waals surface area contributed by atoms with Crippen molar-refractivity contribution in [1.29, 1.82) is 0 Å². The number of ether oxygens (including phenoxy) is 1. The van der Waals surface area contributed by atoms with Crippen LogP contribution in [0.15, 0.2) is 29.3 Å². The normalized spacial score (nSPS) is 22.5. The summed E-state index contributed by atoms with van der Waals surface area (Å²) < 4.78 is 5.48. The van der Waals surface area contributed by atoms with Crippen molar-refractivity contribution >= 4 is 29.9 Å². The highest BCUT2D eigenvalue weighted by Gasteiger charge is 2.41. The molecule has 0 amide bonds. The van der Waals surface area contributed by atoms with E-state index >= 15 is 0 Å². The SMILES string of the molecule is CN=C(NCc1ccccc1CN1CCOCC1)N1CCC2(CCCC2)C1.I. The Hall–Kier alpha value is -0.860. The Morgan fingerprint density at radius 3 is 2.50 bits per heavy atom. The van der Waals surface area contributed by atoms with Crippen molar-refractivity contribution in [1.82, 2.24) is 15.1 Å². The summed E-state index contributed by atoms with van der Waals surface area (Å²) in [7, 11) is 1.92. The first kappa shape index (κ1) is 21.8. The molecule has 0 bridgehead atoms. The molecule has 1 saturated carbocycles. The summed E-state index contributed by atoms with van der Waals surface area (Å²) in [5.74, 6) is 1.07. The van der Waals surface area contributed by atoms with Crippen LogP contribution in [0.1, 0.15) is 43.2 Å². The lowest BCUT2D eigenvalue weighted by atomic mass is 9.86. The topological polar surface area (TPSA) is 40.1 Å². The van der Waals surface area contributed by atoms with Gasteiger partial charge in [0.15, 0.2) is 5.96 Å². The molecule has 0 aromatic heterocycles. The second kappa shape index (κ2) is 10.3. The van der Waals surface area contributed by atoms with E-state index in [4.69, 9.17) is 4.74 Å². The van der Waals surface area contributed by atoms with Crippen molar-refractivity contribution in [3.63, 3.8) is 0 Å². The smallest absolute Gasteiger partial charge is 0.193 e. The zero-order chi connectivity index (χ0) is 18.5. The zero-order valence-corrected chi connectivity index (χ0v) is 19.5. The van der Waals surface area contributed by atoms with Gasteiger partial charge in [0.1, 0.15) is 0 Å². The number of hydrogen-bond acceptors (Lipinski definition) is 3. The summed E-state index contributed by atoms with van der Waals surface area (Å²) in [4.78, 5) is 9.56. The maximum Gasteiger partial charge on any atom is 0.193 e. The van der Waals surface area contributed by atoms with Gasteiger partial charge in [0.2, 0.25) is 0 Å². The zero-order valence-electron chi connectivity index (χ0n) is 17.2. The van der Waals surface area contributed by atoms with Gasteiger partial charge in [-0.05, 0) is 35.8 Å². The molecule has 1 aromatic rings. The molecular formula is C22H35IN4O. The molecule has 1 aromatic carbocycles. The molecule has 1 aliphatic carbocycles. The third kappa shape index (κ3) is 5.19. The van der Waals surface area contributed by atoms with Crippen LogP contribution in [0.4, 0.5) is 0 Å². The second-order valence-electron chi connectivity index (χ2n) is 8.44. The third-order valence-electron chi connectivity index (χ3n) is 6.67. The molecule has 6 heteroatoms. The summed E-state index contributed by atoms with van der Waals surface area (Å²) in [6, 6.07) is 8.81. The van der Waals surface area contributed by atoms with Gasteiger partial charge < -0.3 is 15.0 Å². The van der Waals surface area contributed by atoms with E-state index in [1.807, 2.05) is 7.05 Å². The minimum absolute atomic E-state index is 0. The number of aliphatic imine (C=N–C) groups is 1. The van der Waals surface area contributed by atoms with Crippen LogP contribution >= 0.6 is 24.0 Å². The molecule has 0 unspecified atom stereocenters. The number of rotatable bonds is 4. The molecule has 1 spiro atoms. The van der Waals surface area contributed by atoms with E-state index in [9.17, 15) is 0 Å². The first-order valence-electron chi connectivity index (χ1n) is 10.6. The number of benzene rings is 1. The maximum absolute atomic E-state index is 5.48. The highest BCUT2D eigenvalue weighted by molar-refractivity contribution is 14.0. The van der Waals surface area contributed by atoms with E-state index in [2.05, 4.69) is 44.4 Å². The summed E-state index contributed by atoms with van der Waals surface area (Å²) in [6.45, 7) is 7.94. The van der Waals surface area contributed by atoms with Crippen molar-refractivity contribution in [2.75, 3.05) is 46.4 Å². The fourth-order valence-corrected chi connectivity index (χ4v) is 5.04. The average Bonchev–Trinajstić information content (AvgIpc) is 3.34. The summed E-state index contributed by atoms with van der Waals surface area (Å²) >= 11 is 0. The molecule has 4 rings (SSSR count). The molecule has 2 aliphatic heterocycles. The second-order valence-corrected chi connectivity index (χ2v) is 8.44. The van der Waals surface area contributed by atoms with Crippen LogP contribution in [-0.4, -0.2) is 62.2 Å². The fraction of sp³-hybridized carbons (Fsp3) is 0.682. The number of likely N-dealkylation sites (tertiary alicyclic amines) is 1. The van der Waals surface area contributed by atoms with Gasteiger partial charge in [-0.1, -0.05) is 37.1 Å². The molecule has 0 radical (unpaired) electrons. The molecule has 5 nitrogen and oxygen atoms in total. The molecule has 2 heterocycles. The van der Waals surface area contributed by atoms with Crippen LogP contribution in [0.2, 0.25) is 0 Å². The van der Waals surface area contributed by atoms with Crippen molar-refractivity contribution in [3.8, 4) is 0 Å². The van der Waals surface area contributed by atoms with Crippen molar-refractivity contribution in [2.24, 2.45) is 10.4 Å². The van der Waals surface area contributed by atoms with Crippen LogP contribution in [0.5, 0.6) is 0 Å². The summed E-state index contributed by atoms with van der Waals surface area (Å²) in [5, 5.41) is 3.64. The van der Waals surface area contributed by atoms with Gasteiger partial charge in [0.25, 0.3) is 0 Å². The monoisotopic (exact) mass is 498 g/mol. The predicted molar refractivity (Wildman–Crippen MR) is 125 cm³/mol. The highest BCUT2D eigenvalue weighted by atomic mass is 127. The number of nitrogens with zero attached hydrogens (tertiary/aromatic N) is 3. The molecule has 3 aliphatic rings. The third-order valence-corrected chi connectivity index (χ3v) is 6.67. The van der Waals surface area contributed by atoms with Gasteiger partial charge in [-0.25, -0.2) is 0 Å². The van der Waals surface area contributed by atoms with Gasteiger partial charge in [-0.2, -0.15) is 0 Å².